The van der Waals surface area contributed by atoms with Gasteiger partial charge in [0, 0.05) is 29.2 Å². The van der Waals surface area contributed by atoms with E-state index in [0.29, 0.717) is 0 Å². The lowest BCUT2D eigenvalue weighted by Crippen LogP contribution is -1.93. The van der Waals surface area contributed by atoms with E-state index in [4.69, 9.17) is 0 Å². The van der Waals surface area contributed by atoms with Crippen LogP contribution in [0.4, 0.5) is 0 Å². The Kier molecular flexibility index (Phi) is 3.21. The van der Waals surface area contributed by atoms with Gasteiger partial charge in [0.15, 0.2) is 0 Å². The van der Waals surface area contributed by atoms with Crippen LogP contribution in [0.3, 0.4) is 0 Å². The number of halogens is 1. The van der Waals surface area contributed by atoms with Gasteiger partial charge in [0.1, 0.15) is 0 Å². The SMILES string of the molecule is CCn1cc(CBr)c(-c2ccccc2)n1. The van der Waals surface area contributed by atoms with Gasteiger partial charge >= 0.3 is 0 Å². The van der Waals surface area contributed by atoms with Gasteiger partial charge in [0.2, 0.25) is 0 Å². The number of hydrogen-bond acceptors (Lipinski definition) is 1. The second-order valence-corrected chi connectivity index (χ2v) is 3.92. The first-order valence-electron chi connectivity index (χ1n) is 5.03. The van der Waals surface area contributed by atoms with Gasteiger partial charge in [-0.15, -0.1) is 0 Å². The number of alkyl halides is 1. The van der Waals surface area contributed by atoms with Crippen molar-refractivity contribution in [2.45, 2.75) is 18.8 Å². The van der Waals surface area contributed by atoms with Gasteiger partial charge in [0.25, 0.3) is 0 Å². The fraction of sp³-hybridized carbons (Fsp3) is 0.250. The molecule has 0 aliphatic rings. The van der Waals surface area contributed by atoms with Crippen LogP contribution in [-0.2, 0) is 11.9 Å². The summed E-state index contributed by atoms with van der Waals surface area (Å²) in [6.45, 7) is 3.01. The Morgan fingerprint density at radius 1 is 1.27 bits per heavy atom. The maximum atomic E-state index is 4.56. The third-order valence-electron chi connectivity index (χ3n) is 2.35. The van der Waals surface area contributed by atoms with Crippen molar-refractivity contribution in [3.05, 3.63) is 42.1 Å². The summed E-state index contributed by atoms with van der Waals surface area (Å²) < 4.78 is 1.97. The van der Waals surface area contributed by atoms with E-state index in [1.165, 1.54) is 11.1 Å². The van der Waals surface area contributed by atoms with Crippen LogP contribution in [0.5, 0.6) is 0 Å². The van der Waals surface area contributed by atoms with Crippen molar-refractivity contribution in [1.29, 1.82) is 0 Å². The van der Waals surface area contributed by atoms with E-state index in [-0.39, 0.29) is 0 Å². The topological polar surface area (TPSA) is 17.8 Å². The zero-order chi connectivity index (χ0) is 10.7. The largest absolute Gasteiger partial charge is 0.272 e. The summed E-state index contributed by atoms with van der Waals surface area (Å²) in [7, 11) is 0. The van der Waals surface area contributed by atoms with Crippen molar-refractivity contribution >= 4 is 15.9 Å². The van der Waals surface area contributed by atoms with E-state index in [2.05, 4.69) is 46.3 Å². The van der Waals surface area contributed by atoms with Crippen molar-refractivity contribution < 1.29 is 0 Å². The third kappa shape index (κ3) is 2.12. The maximum absolute atomic E-state index is 4.56. The predicted octanol–water partition coefficient (Wildman–Crippen LogP) is 3.46. The van der Waals surface area contributed by atoms with Crippen molar-refractivity contribution in [3.63, 3.8) is 0 Å². The number of aromatic nitrogens is 2. The summed E-state index contributed by atoms with van der Waals surface area (Å²) in [6.07, 6.45) is 2.09. The Balaban J connectivity index is 2.47. The molecule has 15 heavy (non-hydrogen) atoms. The minimum absolute atomic E-state index is 0.844. The minimum Gasteiger partial charge on any atom is -0.272 e. The Bertz CT molecular complexity index is 434. The molecule has 2 aromatic rings. The van der Waals surface area contributed by atoms with Crippen LogP contribution in [0.1, 0.15) is 12.5 Å². The first-order valence-corrected chi connectivity index (χ1v) is 6.15. The quantitative estimate of drug-likeness (QED) is 0.777. The monoisotopic (exact) mass is 264 g/mol. The first-order chi connectivity index (χ1) is 7.35. The molecule has 0 bridgehead atoms. The molecule has 0 spiro atoms. The Morgan fingerprint density at radius 2 is 2.00 bits per heavy atom. The van der Waals surface area contributed by atoms with Crippen LogP contribution in [0.25, 0.3) is 11.3 Å². The van der Waals surface area contributed by atoms with Crippen molar-refractivity contribution in [3.8, 4) is 11.3 Å². The zero-order valence-corrected chi connectivity index (χ0v) is 10.2. The van der Waals surface area contributed by atoms with E-state index in [9.17, 15) is 0 Å². The van der Waals surface area contributed by atoms with E-state index in [0.717, 1.165) is 17.6 Å². The van der Waals surface area contributed by atoms with Crippen LogP contribution in [0, 0.1) is 0 Å². The summed E-state index contributed by atoms with van der Waals surface area (Å²) in [5.74, 6) is 0. The van der Waals surface area contributed by atoms with Gasteiger partial charge in [-0.05, 0) is 6.92 Å². The molecule has 0 aliphatic heterocycles. The Morgan fingerprint density at radius 3 is 2.60 bits per heavy atom. The van der Waals surface area contributed by atoms with Crippen molar-refractivity contribution in [1.82, 2.24) is 9.78 Å². The lowest BCUT2D eigenvalue weighted by atomic mass is 10.1. The second kappa shape index (κ2) is 4.62. The Labute approximate surface area is 98.1 Å². The molecule has 1 heterocycles. The van der Waals surface area contributed by atoms with Gasteiger partial charge in [-0.2, -0.15) is 5.10 Å². The second-order valence-electron chi connectivity index (χ2n) is 3.36. The smallest absolute Gasteiger partial charge is 0.0963 e. The van der Waals surface area contributed by atoms with Crippen LogP contribution in [0.15, 0.2) is 36.5 Å². The normalized spacial score (nSPS) is 10.5. The van der Waals surface area contributed by atoms with Crippen LogP contribution < -0.4 is 0 Å². The van der Waals surface area contributed by atoms with Gasteiger partial charge in [0.05, 0.1) is 5.69 Å². The molecule has 1 aromatic heterocycles. The average Bonchev–Trinajstić information content (AvgIpc) is 2.73. The number of nitrogens with zero attached hydrogens (tertiary/aromatic N) is 2. The highest BCUT2D eigenvalue weighted by Crippen LogP contribution is 2.23. The van der Waals surface area contributed by atoms with E-state index in [1.54, 1.807) is 0 Å². The maximum Gasteiger partial charge on any atom is 0.0963 e. The molecule has 2 nitrogen and oxygen atoms in total. The molecule has 0 radical (unpaired) electrons. The van der Waals surface area contributed by atoms with Crippen molar-refractivity contribution in [2.24, 2.45) is 0 Å². The molecule has 0 N–H and O–H groups in total. The first kappa shape index (κ1) is 10.4. The lowest BCUT2D eigenvalue weighted by molar-refractivity contribution is 0.661. The summed E-state index contributed by atoms with van der Waals surface area (Å²) >= 11 is 3.49. The molecule has 3 heteroatoms. The number of hydrogen-bond donors (Lipinski definition) is 0. The van der Waals surface area contributed by atoms with Gasteiger partial charge in [-0.1, -0.05) is 46.3 Å². The zero-order valence-electron chi connectivity index (χ0n) is 8.65. The molecule has 0 amide bonds. The highest BCUT2D eigenvalue weighted by Gasteiger charge is 2.08. The van der Waals surface area contributed by atoms with Gasteiger partial charge in [-0.3, -0.25) is 4.68 Å². The standard InChI is InChI=1S/C12H13BrN2/c1-2-15-9-11(8-13)12(14-15)10-6-4-3-5-7-10/h3-7,9H,2,8H2,1H3. The predicted molar refractivity (Wildman–Crippen MR) is 66.0 cm³/mol. The highest BCUT2D eigenvalue weighted by atomic mass is 79.9. The third-order valence-corrected chi connectivity index (χ3v) is 2.96. The number of benzene rings is 1. The molecule has 0 atom stereocenters. The summed E-state index contributed by atoms with van der Waals surface area (Å²) in [5, 5.41) is 5.40. The van der Waals surface area contributed by atoms with E-state index < -0.39 is 0 Å². The highest BCUT2D eigenvalue weighted by molar-refractivity contribution is 9.08. The fourth-order valence-corrected chi connectivity index (χ4v) is 1.97. The van der Waals surface area contributed by atoms with Gasteiger partial charge in [-0.25, -0.2) is 0 Å². The van der Waals surface area contributed by atoms with Crippen LogP contribution in [0.2, 0.25) is 0 Å². The molecule has 0 unspecified atom stereocenters. The Hall–Kier alpha value is -1.09. The molecular formula is C12H13BrN2. The van der Waals surface area contributed by atoms with E-state index >= 15 is 0 Å². The number of rotatable bonds is 3. The fourth-order valence-electron chi connectivity index (χ4n) is 1.56. The lowest BCUT2D eigenvalue weighted by Gasteiger charge is -1.98. The molecule has 78 valence electrons. The summed E-state index contributed by atoms with van der Waals surface area (Å²) in [6, 6.07) is 10.3. The number of aryl methyl sites for hydroxylation is 1. The summed E-state index contributed by atoms with van der Waals surface area (Å²) in [4.78, 5) is 0. The molecular weight excluding hydrogens is 252 g/mol. The van der Waals surface area contributed by atoms with Crippen LogP contribution >= 0.6 is 15.9 Å². The molecule has 2 rings (SSSR count). The molecule has 1 aromatic carbocycles. The molecule has 0 saturated heterocycles. The van der Waals surface area contributed by atoms with Gasteiger partial charge < -0.3 is 0 Å². The average molecular weight is 265 g/mol. The van der Waals surface area contributed by atoms with Crippen LogP contribution in [-0.4, -0.2) is 9.78 Å². The van der Waals surface area contributed by atoms with Crippen molar-refractivity contribution in [2.75, 3.05) is 0 Å². The molecule has 0 fully saturated rings. The summed E-state index contributed by atoms with van der Waals surface area (Å²) in [5.41, 5.74) is 3.50. The molecule has 0 aliphatic carbocycles. The van der Waals surface area contributed by atoms with E-state index in [1.807, 2.05) is 22.9 Å². The minimum atomic E-state index is 0.844. The molecule has 0 saturated carbocycles.